The van der Waals surface area contributed by atoms with Crippen LogP contribution in [-0.2, 0) is 6.42 Å². The van der Waals surface area contributed by atoms with Crippen LogP contribution < -0.4 is 4.90 Å². The molecule has 256 valence electrons. The molecule has 9 aromatic rings. The number of anilines is 3. The summed E-state index contributed by atoms with van der Waals surface area (Å²) in [5, 5.41) is 1.29. The Labute approximate surface area is 315 Å². The summed E-state index contributed by atoms with van der Waals surface area (Å²) in [4.78, 5) is 12.8. The van der Waals surface area contributed by atoms with Crippen molar-refractivity contribution in [2.24, 2.45) is 0 Å². The second-order valence-electron chi connectivity index (χ2n) is 13.8. The van der Waals surface area contributed by atoms with Crippen LogP contribution in [0.25, 0.3) is 67.3 Å². The molecule has 2 aromatic heterocycles. The first-order chi connectivity index (χ1) is 26.8. The minimum absolute atomic E-state index is 0.861. The molecular formula is C50H36N4. The molecule has 0 N–H and O–H groups in total. The molecule has 0 amide bonds. The number of benzene rings is 7. The molecule has 4 nitrogen and oxygen atoms in total. The lowest BCUT2D eigenvalue weighted by Gasteiger charge is -2.26. The van der Waals surface area contributed by atoms with Gasteiger partial charge in [-0.3, -0.25) is 0 Å². The molecule has 7 aromatic carbocycles. The lowest BCUT2D eigenvalue weighted by molar-refractivity contribution is 0.967. The zero-order chi connectivity index (χ0) is 35.8. The number of aromatic nitrogens is 3. The Morgan fingerprint density at radius 3 is 1.80 bits per heavy atom. The van der Waals surface area contributed by atoms with Gasteiger partial charge in [0.15, 0.2) is 0 Å². The lowest BCUT2D eigenvalue weighted by atomic mass is 9.98. The molecule has 0 saturated heterocycles. The Balaban J connectivity index is 1.09. The first kappa shape index (κ1) is 31.7. The molecule has 0 spiro atoms. The van der Waals surface area contributed by atoms with Crippen molar-refractivity contribution in [2.75, 3.05) is 4.90 Å². The van der Waals surface area contributed by atoms with Gasteiger partial charge in [-0.25, -0.2) is 9.97 Å². The Morgan fingerprint density at radius 2 is 1.06 bits per heavy atom. The van der Waals surface area contributed by atoms with Gasteiger partial charge in [-0.15, -0.1) is 0 Å². The van der Waals surface area contributed by atoms with E-state index >= 15 is 0 Å². The summed E-state index contributed by atoms with van der Waals surface area (Å²) in [6.45, 7) is 0. The number of fused-ring (bicyclic) bond motifs is 4. The van der Waals surface area contributed by atoms with Crippen LogP contribution in [-0.4, -0.2) is 14.5 Å². The highest BCUT2D eigenvalue weighted by atomic mass is 15.1. The van der Waals surface area contributed by atoms with Gasteiger partial charge in [0.2, 0.25) is 0 Å². The van der Waals surface area contributed by atoms with E-state index in [0.29, 0.717) is 0 Å². The highest BCUT2D eigenvalue weighted by Gasteiger charge is 2.22. The lowest BCUT2D eigenvalue weighted by Crippen LogP contribution is -2.10. The van der Waals surface area contributed by atoms with Crippen molar-refractivity contribution >= 4 is 45.1 Å². The molecule has 0 saturated carbocycles. The third kappa shape index (κ3) is 5.65. The van der Waals surface area contributed by atoms with Crippen LogP contribution in [0.3, 0.4) is 0 Å². The summed E-state index contributed by atoms with van der Waals surface area (Å²) in [7, 11) is 0. The SMILES string of the molecule is C1=Cc2c(c3cc(N(c4ccccc4)c4ccc(-c5nc6ccccc6nc5-c5cccc(-c6ccccc6)c5)cc4)ccc3n2-c2ccccc2)CC1. The van der Waals surface area contributed by atoms with Crippen LogP contribution in [0.5, 0.6) is 0 Å². The van der Waals surface area contributed by atoms with Crippen molar-refractivity contribution in [3.8, 4) is 39.3 Å². The number of nitrogens with zero attached hydrogens (tertiary/aromatic N) is 4. The maximum atomic E-state index is 5.23. The number of aryl methyl sites for hydroxylation is 1. The summed E-state index contributed by atoms with van der Waals surface area (Å²) < 4.78 is 2.41. The quantitative estimate of drug-likeness (QED) is 0.167. The molecule has 1 aliphatic carbocycles. The Morgan fingerprint density at radius 1 is 0.463 bits per heavy atom. The van der Waals surface area contributed by atoms with E-state index in [1.165, 1.54) is 33.4 Å². The number of hydrogen-bond donors (Lipinski definition) is 0. The zero-order valence-corrected chi connectivity index (χ0v) is 29.7. The van der Waals surface area contributed by atoms with Gasteiger partial charge in [-0.1, -0.05) is 115 Å². The van der Waals surface area contributed by atoms with E-state index in [9.17, 15) is 0 Å². The van der Waals surface area contributed by atoms with Crippen LogP contribution >= 0.6 is 0 Å². The summed E-state index contributed by atoms with van der Waals surface area (Å²) in [5.74, 6) is 0. The van der Waals surface area contributed by atoms with Gasteiger partial charge in [-0.2, -0.15) is 0 Å². The second kappa shape index (κ2) is 13.5. The highest BCUT2D eigenvalue weighted by Crippen LogP contribution is 2.41. The zero-order valence-electron chi connectivity index (χ0n) is 29.7. The third-order valence-corrected chi connectivity index (χ3v) is 10.4. The predicted octanol–water partition coefficient (Wildman–Crippen LogP) is 13.0. The normalized spacial score (nSPS) is 12.2. The first-order valence-electron chi connectivity index (χ1n) is 18.6. The van der Waals surface area contributed by atoms with E-state index in [-0.39, 0.29) is 0 Å². The monoisotopic (exact) mass is 692 g/mol. The summed E-state index contributed by atoms with van der Waals surface area (Å²) in [6.07, 6.45) is 6.66. The molecule has 10 rings (SSSR count). The largest absolute Gasteiger partial charge is 0.310 e. The van der Waals surface area contributed by atoms with E-state index in [0.717, 1.165) is 69.0 Å². The van der Waals surface area contributed by atoms with E-state index in [1.807, 2.05) is 30.3 Å². The average molecular weight is 693 g/mol. The van der Waals surface area contributed by atoms with E-state index in [1.54, 1.807) is 0 Å². The van der Waals surface area contributed by atoms with Crippen molar-refractivity contribution in [3.05, 3.63) is 199 Å². The molecule has 4 heteroatoms. The third-order valence-electron chi connectivity index (χ3n) is 10.4. The molecule has 2 heterocycles. The minimum atomic E-state index is 0.861. The number of allylic oxidation sites excluding steroid dienone is 1. The maximum Gasteiger partial charge on any atom is 0.0973 e. The van der Waals surface area contributed by atoms with Crippen molar-refractivity contribution in [1.29, 1.82) is 0 Å². The number of rotatable bonds is 7. The molecule has 1 aliphatic rings. The molecule has 54 heavy (non-hydrogen) atoms. The summed E-state index contributed by atoms with van der Waals surface area (Å²) in [6, 6.07) is 64.3. The summed E-state index contributed by atoms with van der Waals surface area (Å²) >= 11 is 0. The van der Waals surface area contributed by atoms with E-state index in [2.05, 4.69) is 173 Å². The van der Waals surface area contributed by atoms with Gasteiger partial charge in [0.25, 0.3) is 0 Å². The Kier molecular flexibility index (Phi) is 7.92. The van der Waals surface area contributed by atoms with Crippen LogP contribution in [0.2, 0.25) is 0 Å². The smallest absolute Gasteiger partial charge is 0.0973 e. The maximum absolute atomic E-state index is 5.23. The van der Waals surface area contributed by atoms with Gasteiger partial charge in [0, 0.05) is 45.0 Å². The predicted molar refractivity (Wildman–Crippen MR) is 225 cm³/mol. The molecule has 0 atom stereocenters. The number of hydrogen-bond acceptors (Lipinski definition) is 3. The van der Waals surface area contributed by atoms with Gasteiger partial charge in [-0.05, 0) is 108 Å². The standard InChI is InChI=1S/C50H36N4/c1-4-15-35(16-5-1)37-17-14-18-38(33-37)50-49(51-45-24-11-12-25-46(45)52-50)36-27-29-41(30-28-36)53(39-19-6-2-7-20-39)42-31-32-48-44(34-42)43-23-10-13-26-47(43)54(48)40-21-8-3-9-22-40/h1-9,11-22,24-34H,10,23H2. The van der Waals surface area contributed by atoms with Crippen LogP contribution in [0.1, 0.15) is 17.7 Å². The van der Waals surface area contributed by atoms with Gasteiger partial charge in [0.05, 0.1) is 27.9 Å². The molecular weight excluding hydrogens is 657 g/mol. The molecule has 0 fully saturated rings. The number of para-hydroxylation sites is 4. The van der Waals surface area contributed by atoms with Crippen molar-refractivity contribution < 1.29 is 0 Å². The van der Waals surface area contributed by atoms with Crippen LogP contribution in [0, 0.1) is 0 Å². The van der Waals surface area contributed by atoms with Crippen molar-refractivity contribution in [1.82, 2.24) is 14.5 Å². The average Bonchev–Trinajstić information content (AvgIpc) is 3.58. The van der Waals surface area contributed by atoms with Crippen LogP contribution in [0.4, 0.5) is 17.1 Å². The van der Waals surface area contributed by atoms with E-state index < -0.39 is 0 Å². The van der Waals surface area contributed by atoms with Crippen molar-refractivity contribution in [2.45, 2.75) is 12.8 Å². The Hall–Kier alpha value is -7.04. The fourth-order valence-corrected chi connectivity index (χ4v) is 7.89. The van der Waals surface area contributed by atoms with Gasteiger partial charge < -0.3 is 9.47 Å². The van der Waals surface area contributed by atoms with Crippen molar-refractivity contribution in [3.63, 3.8) is 0 Å². The molecule has 0 radical (unpaired) electrons. The van der Waals surface area contributed by atoms with Gasteiger partial charge in [0.1, 0.15) is 0 Å². The highest BCUT2D eigenvalue weighted by molar-refractivity contribution is 5.95. The fourth-order valence-electron chi connectivity index (χ4n) is 7.89. The fraction of sp³-hybridized carbons (Fsp3) is 0.0400. The molecule has 0 aliphatic heterocycles. The van der Waals surface area contributed by atoms with Crippen LogP contribution in [0.15, 0.2) is 188 Å². The minimum Gasteiger partial charge on any atom is -0.310 e. The Bertz CT molecular complexity index is 2800. The second-order valence-corrected chi connectivity index (χ2v) is 13.8. The summed E-state index contributed by atoms with van der Waals surface area (Å²) in [5.41, 5.74) is 16.2. The van der Waals surface area contributed by atoms with E-state index in [4.69, 9.17) is 9.97 Å². The topological polar surface area (TPSA) is 34.0 Å². The molecule has 0 unspecified atom stereocenters. The van der Waals surface area contributed by atoms with Gasteiger partial charge >= 0.3 is 0 Å². The molecule has 0 bridgehead atoms. The first-order valence-corrected chi connectivity index (χ1v) is 18.6.